The molecule has 0 amide bonds. The average molecular weight is 786 g/mol. The largest absolute Gasteiger partial charge is 0.480 e. The Hall–Kier alpha value is -2.30. The lowest BCUT2D eigenvalue weighted by atomic mass is 10.1. The van der Waals surface area contributed by atoms with E-state index in [9.17, 15) is 23.8 Å². The lowest BCUT2D eigenvalue weighted by Gasteiger charge is -2.20. The van der Waals surface area contributed by atoms with Crippen molar-refractivity contribution >= 4 is 25.7 Å². The standard InChI is InChI=1S/C42H76NO10P/c1-3-5-7-9-11-13-15-17-19-21-23-25-27-29-31-33-40(44)50-35-38(36-51-54(48,49)52-37-39(43)42(46)47)53-41(45)34-32-30-28-26-24-22-20-18-16-14-12-10-8-6-4-2/h17,19,23,25,28,30,38-39H,3-16,18,20-22,24,26-27,29,31-37,43H2,1-2H3,(H,46,47)(H,48,49)/b19-17+,25-23+,30-28+/t38-,39+/m1/s1. The van der Waals surface area contributed by atoms with Crippen LogP contribution in [0.15, 0.2) is 36.5 Å². The molecule has 0 radical (unpaired) electrons. The maximum absolute atomic E-state index is 12.6. The third kappa shape index (κ3) is 36.7. The molecule has 0 spiro atoms. The highest BCUT2D eigenvalue weighted by Crippen LogP contribution is 2.43. The molecular weight excluding hydrogens is 709 g/mol. The van der Waals surface area contributed by atoms with Gasteiger partial charge in [0.2, 0.25) is 0 Å². The van der Waals surface area contributed by atoms with Gasteiger partial charge < -0.3 is 25.2 Å². The number of allylic oxidation sites excluding steroid dienone is 6. The van der Waals surface area contributed by atoms with E-state index in [1.165, 1.54) is 103 Å². The van der Waals surface area contributed by atoms with Crippen molar-refractivity contribution in [3.8, 4) is 0 Å². The van der Waals surface area contributed by atoms with E-state index in [0.717, 1.165) is 38.5 Å². The highest BCUT2D eigenvalue weighted by molar-refractivity contribution is 7.47. The molecule has 0 saturated carbocycles. The van der Waals surface area contributed by atoms with E-state index >= 15 is 0 Å². The molecule has 0 aromatic carbocycles. The number of ether oxygens (including phenoxy) is 2. The number of aliphatic carboxylic acids is 1. The Morgan fingerprint density at radius 3 is 1.54 bits per heavy atom. The monoisotopic (exact) mass is 786 g/mol. The van der Waals surface area contributed by atoms with E-state index in [1.54, 1.807) is 0 Å². The number of carboxylic acids is 1. The molecule has 0 saturated heterocycles. The van der Waals surface area contributed by atoms with Crippen molar-refractivity contribution in [2.75, 3.05) is 19.8 Å². The molecule has 0 aliphatic rings. The third-order valence-corrected chi connectivity index (χ3v) is 9.82. The smallest absolute Gasteiger partial charge is 0.472 e. The zero-order chi connectivity index (χ0) is 40.0. The van der Waals surface area contributed by atoms with Gasteiger partial charge in [-0.1, -0.05) is 147 Å². The lowest BCUT2D eigenvalue weighted by molar-refractivity contribution is -0.161. The van der Waals surface area contributed by atoms with Crippen LogP contribution in [0.2, 0.25) is 0 Å². The van der Waals surface area contributed by atoms with Gasteiger partial charge in [-0.15, -0.1) is 0 Å². The van der Waals surface area contributed by atoms with Crippen LogP contribution in [-0.2, 0) is 37.5 Å². The van der Waals surface area contributed by atoms with Gasteiger partial charge >= 0.3 is 25.7 Å². The van der Waals surface area contributed by atoms with Crippen molar-refractivity contribution in [2.45, 2.75) is 193 Å². The van der Waals surface area contributed by atoms with Crippen LogP contribution in [0.25, 0.3) is 0 Å². The van der Waals surface area contributed by atoms with E-state index < -0.39 is 51.1 Å². The molecule has 0 heterocycles. The van der Waals surface area contributed by atoms with Crippen LogP contribution in [0.3, 0.4) is 0 Å². The fourth-order valence-corrected chi connectivity index (χ4v) is 6.30. The summed E-state index contributed by atoms with van der Waals surface area (Å²) in [6.45, 7) is 2.72. The molecule has 0 bridgehead atoms. The minimum Gasteiger partial charge on any atom is -0.480 e. The number of phosphoric ester groups is 1. The molecule has 4 N–H and O–H groups in total. The number of carbonyl (C=O) groups excluding carboxylic acids is 2. The zero-order valence-electron chi connectivity index (χ0n) is 33.8. The summed E-state index contributed by atoms with van der Waals surface area (Å²) in [6, 6.07) is -1.53. The summed E-state index contributed by atoms with van der Waals surface area (Å²) in [5, 5.41) is 8.87. The Labute approximate surface area is 327 Å². The summed E-state index contributed by atoms with van der Waals surface area (Å²) in [5.41, 5.74) is 5.32. The maximum atomic E-state index is 12.6. The molecule has 12 heteroatoms. The van der Waals surface area contributed by atoms with Crippen molar-refractivity contribution in [2.24, 2.45) is 5.73 Å². The molecule has 0 rings (SSSR count). The second kappa shape index (κ2) is 37.6. The minimum absolute atomic E-state index is 0.0718. The van der Waals surface area contributed by atoms with Gasteiger partial charge in [-0.05, 0) is 57.8 Å². The average Bonchev–Trinajstić information content (AvgIpc) is 3.14. The minimum atomic E-state index is -4.73. The lowest BCUT2D eigenvalue weighted by Crippen LogP contribution is -2.34. The summed E-state index contributed by atoms with van der Waals surface area (Å²) in [7, 11) is -4.73. The fraction of sp³-hybridized carbons (Fsp3) is 0.786. The van der Waals surface area contributed by atoms with Crippen molar-refractivity contribution in [1.29, 1.82) is 0 Å². The quantitative estimate of drug-likeness (QED) is 0.0234. The van der Waals surface area contributed by atoms with Gasteiger partial charge in [0.15, 0.2) is 6.10 Å². The summed E-state index contributed by atoms with van der Waals surface area (Å²) >= 11 is 0. The summed E-state index contributed by atoms with van der Waals surface area (Å²) in [5.74, 6) is -2.48. The highest BCUT2D eigenvalue weighted by Gasteiger charge is 2.28. The number of esters is 2. The molecule has 54 heavy (non-hydrogen) atoms. The van der Waals surface area contributed by atoms with Gasteiger partial charge in [-0.3, -0.25) is 23.4 Å². The first-order valence-corrected chi connectivity index (χ1v) is 22.5. The third-order valence-electron chi connectivity index (χ3n) is 8.87. The predicted molar refractivity (Wildman–Crippen MR) is 217 cm³/mol. The normalized spacial score (nSPS) is 14.1. The molecule has 0 aliphatic heterocycles. The Balaban J connectivity index is 4.48. The highest BCUT2D eigenvalue weighted by atomic mass is 31.2. The number of unbranched alkanes of at least 4 members (excludes halogenated alkanes) is 19. The summed E-state index contributed by atoms with van der Waals surface area (Å²) < 4.78 is 32.5. The van der Waals surface area contributed by atoms with Crippen molar-refractivity contribution < 1.29 is 47.5 Å². The summed E-state index contributed by atoms with van der Waals surface area (Å²) in [4.78, 5) is 45.8. The number of carbonyl (C=O) groups is 3. The van der Waals surface area contributed by atoms with Gasteiger partial charge in [0.05, 0.1) is 13.2 Å². The van der Waals surface area contributed by atoms with E-state index in [2.05, 4.69) is 48.8 Å². The number of carboxylic acid groups (broad SMARTS) is 1. The predicted octanol–water partition coefficient (Wildman–Crippen LogP) is 10.8. The van der Waals surface area contributed by atoms with Crippen molar-refractivity contribution in [1.82, 2.24) is 0 Å². The second-order valence-electron chi connectivity index (χ2n) is 14.1. The first-order valence-electron chi connectivity index (χ1n) is 21.0. The van der Waals surface area contributed by atoms with Crippen LogP contribution in [-0.4, -0.2) is 59.9 Å². The van der Waals surface area contributed by atoms with Crippen LogP contribution < -0.4 is 5.73 Å². The van der Waals surface area contributed by atoms with Crippen LogP contribution >= 0.6 is 7.82 Å². The van der Waals surface area contributed by atoms with Gasteiger partial charge in [0.1, 0.15) is 12.6 Å². The number of phosphoric acid groups is 1. The number of hydrogen-bond donors (Lipinski definition) is 3. The number of nitrogens with two attached hydrogens (primary N) is 1. The topological polar surface area (TPSA) is 172 Å². The van der Waals surface area contributed by atoms with Gasteiger partial charge in [-0.2, -0.15) is 0 Å². The van der Waals surface area contributed by atoms with Gasteiger partial charge in [0, 0.05) is 12.8 Å². The molecule has 0 aliphatic carbocycles. The van der Waals surface area contributed by atoms with Gasteiger partial charge in [0.25, 0.3) is 0 Å². The second-order valence-corrected chi connectivity index (χ2v) is 15.6. The molecule has 0 fully saturated rings. The molecule has 314 valence electrons. The van der Waals surface area contributed by atoms with Gasteiger partial charge in [-0.25, -0.2) is 4.57 Å². The first kappa shape index (κ1) is 51.7. The van der Waals surface area contributed by atoms with Crippen molar-refractivity contribution in [3.63, 3.8) is 0 Å². The number of hydrogen-bond acceptors (Lipinski definition) is 9. The SMILES string of the molecule is CCCCCCCC/C=C/C/C=C/CCCCC(=O)OC[C@H](COP(=O)(O)OC[C@H](N)C(=O)O)OC(=O)CC/C=C/CCCCCCCCCCCCC. The van der Waals surface area contributed by atoms with Crippen LogP contribution in [0.1, 0.15) is 181 Å². The van der Waals surface area contributed by atoms with Crippen LogP contribution in [0.4, 0.5) is 0 Å². The molecule has 1 unspecified atom stereocenters. The van der Waals surface area contributed by atoms with Crippen LogP contribution in [0, 0.1) is 0 Å². The maximum Gasteiger partial charge on any atom is 0.472 e. The zero-order valence-corrected chi connectivity index (χ0v) is 34.7. The Bertz CT molecular complexity index is 1060. The fourth-order valence-electron chi connectivity index (χ4n) is 5.52. The molecular formula is C42H76NO10P. The number of rotatable bonds is 39. The molecule has 11 nitrogen and oxygen atoms in total. The van der Waals surface area contributed by atoms with E-state index in [-0.39, 0.29) is 19.4 Å². The molecule has 0 aromatic rings. The van der Waals surface area contributed by atoms with E-state index in [1.807, 2.05) is 6.08 Å². The molecule has 0 aromatic heterocycles. The Kier molecular flexibility index (Phi) is 36.0. The summed E-state index contributed by atoms with van der Waals surface area (Å²) in [6.07, 6.45) is 39.4. The first-order chi connectivity index (χ1) is 26.1. The van der Waals surface area contributed by atoms with Crippen molar-refractivity contribution in [3.05, 3.63) is 36.5 Å². The van der Waals surface area contributed by atoms with Crippen LogP contribution in [0.5, 0.6) is 0 Å². The Morgan fingerprint density at radius 2 is 1.02 bits per heavy atom. The molecule has 3 atom stereocenters. The van der Waals surface area contributed by atoms with E-state index in [0.29, 0.717) is 12.8 Å². The Morgan fingerprint density at radius 1 is 0.574 bits per heavy atom. The van der Waals surface area contributed by atoms with E-state index in [4.69, 9.17) is 24.8 Å².